The molecular formula is C40H39Cl2N3O2S. The topological polar surface area (TPSA) is 52.7 Å². The highest BCUT2D eigenvalue weighted by molar-refractivity contribution is 7.17. The third-order valence-electron chi connectivity index (χ3n) is 14.2. The van der Waals surface area contributed by atoms with Crippen molar-refractivity contribution in [2.45, 2.75) is 52.0 Å². The molecule has 0 unspecified atom stereocenters. The van der Waals surface area contributed by atoms with Crippen molar-refractivity contribution in [1.82, 2.24) is 0 Å². The minimum absolute atomic E-state index is 0.103. The van der Waals surface area contributed by atoms with Gasteiger partial charge in [-0.3, -0.25) is 9.59 Å². The Morgan fingerprint density at radius 3 is 1.88 bits per heavy atom. The third kappa shape index (κ3) is 2.79. The Hall–Kier alpha value is -2.80. The highest BCUT2D eigenvalue weighted by Crippen LogP contribution is 3.10. The first kappa shape index (κ1) is 29.0. The molecule has 0 spiro atoms. The summed E-state index contributed by atoms with van der Waals surface area (Å²) in [5, 5.41) is 9.64. The number of thiophene rings is 1. The monoisotopic (exact) mass is 695 g/mol. The largest absolute Gasteiger partial charge is 0.380 e. The van der Waals surface area contributed by atoms with Gasteiger partial charge in [0.05, 0.1) is 10.8 Å². The third-order valence-corrected chi connectivity index (χ3v) is 16.2. The van der Waals surface area contributed by atoms with Crippen LogP contribution in [0.15, 0.2) is 41.8 Å². The Morgan fingerprint density at radius 1 is 0.812 bits per heavy atom. The molecule has 5 nitrogen and oxygen atoms in total. The van der Waals surface area contributed by atoms with Gasteiger partial charge in [0.1, 0.15) is 0 Å². The van der Waals surface area contributed by atoms with Gasteiger partial charge in [-0.15, -0.1) is 34.5 Å². The van der Waals surface area contributed by atoms with E-state index in [4.69, 9.17) is 23.2 Å². The van der Waals surface area contributed by atoms with E-state index in [0.29, 0.717) is 72.2 Å². The fourth-order valence-electron chi connectivity index (χ4n) is 13.0. The van der Waals surface area contributed by atoms with Crippen LogP contribution in [0.3, 0.4) is 0 Å². The number of hydrogen-bond donors (Lipinski definition) is 1. The Kier molecular flexibility index (Phi) is 5.27. The fraction of sp³-hybridized carbons (Fsp3) is 0.500. The summed E-state index contributed by atoms with van der Waals surface area (Å²) in [7, 11) is 0. The van der Waals surface area contributed by atoms with Gasteiger partial charge in [0.25, 0.3) is 0 Å². The van der Waals surface area contributed by atoms with E-state index in [0.717, 1.165) is 17.1 Å². The maximum atomic E-state index is 14.9. The maximum absolute atomic E-state index is 14.9. The van der Waals surface area contributed by atoms with Crippen molar-refractivity contribution in [2.24, 2.45) is 46.3 Å². The van der Waals surface area contributed by atoms with E-state index in [1.165, 1.54) is 43.1 Å². The number of hydrogen-bond acceptors (Lipinski definition) is 4. The average molecular weight is 697 g/mol. The molecule has 2 atom stereocenters. The van der Waals surface area contributed by atoms with Crippen LogP contribution in [-0.4, -0.2) is 42.2 Å². The van der Waals surface area contributed by atoms with Crippen LogP contribution in [0, 0.1) is 60.2 Å². The molecule has 246 valence electrons. The van der Waals surface area contributed by atoms with Crippen LogP contribution in [0.5, 0.6) is 0 Å². The number of halogens is 2. The second-order valence-corrected chi connectivity index (χ2v) is 18.6. The van der Waals surface area contributed by atoms with Crippen molar-refractivity contribution in [3.05, 3.63) is 64.0 Å². The Morgan fingerprint density at radius 2 is 1.33 bits per heavy atom. The first-order valence-corrected chi connectivity index (χ1v) is 19.6. The molecule has 0 bridgehead atoms. The summed E-state index contributed by atoms with van der Waals surface area (Å²) in [6.07, 6.45) is 0. The lowest BCUT2D eigenvalue weighted by Crippen LogP contribution is -3.12. The van der Waals surface area contributed by atoms with Crippen LogP contribution in [0.2, 0.25) is 0 Å². The second kappa shape index (κ2) is 8.73. The van der Waals surface area contributed by atoms with Crippen molar-refractivity contribution in [3.8, 4) is 0 Å². The van der Waals surface area contributed by atoms with Gasteiger partial charge >= 0.3 is 0 Å². The number of nitrogens with zero attached hydrogens (tertiary/aromatic N) is 2. The minimum Gasteiger partial charge on any atom is -0.380 e. The Balaban J connectivity index is 0.923. The molecule has 0 saturated heterocycles. The summed E-state index contributed by atoms with van der Waals surface area (Å²) in [5.41, 5.74) is 7.56. The van der Waals surface area contributed by atoms with Crippen LogP contribution in [-0.2, 0) is 9.59 Å². The SMILES string of the molecule is Cc1cc2c(c3c(C)csc13)[C@H](CCl)CN2C(=O)C12C3C4C1C1C2C3C41C(=O)N1C[C@@H](CCl)c2c1cc(NC(C)(C)C)c1ccccc21. The predicted molar refractivity (Wildman–Crippen MR) is 196 cm³/mol. The van der Waals surface area contributed by atoms with Gasteiger partial charge in [0, 0.05) is 74.8 Å². The van der Waals surface area contributed by atoms with Gasteiger partial charge in [-0.25, -0.2) is 0 Å². The molecule has 8 aliphatic rings. The quantitative estimate of drug-likeness (QED) is 0.213. The molecule has 6 fully saturated rings. The minimum atomic E-state index is -0.262. The second-order valence-electron chi connectivity index (χ2n) is 17.1. The molecule has 0 radical (unpaired) electrons. The summed E-state index contributed by atoms with van der Waals surface area (Å²) in [5.74, 6) is 4.04. The van der Waals surface area contributed by atoms with Gasteiger partial charge in [-0.1, -0.05) is 24.3 Å². The van der Waals surface area contributed by atoms with E-state index in [2.05, 4.69) is 91.5 Å². The zero-order valence-electron chi connectivity index (χ0n) is 27.9. The summed E-state index contributed by atoms with van der Waals surface area (Å²) in [6.45, 7) is 12.2. The molecule has 6 aliphatic carbocycles. The van der Waals surface area contributed by atoms with E-state index in [1.54, 1.807) is 11.3 Å². The van der Waals surface area contributed by atoms with Gasteiger partial charge in [-0.2, -0.15) is 0 Å². The smallest absolute Gasteiger partial charge is 0.234 e. The molecule has 6 saturated carbocycles. The van der Waals surface area contributed by atoms with Gasteiger partial charge in [0.2, 0.25) is 11.8 Å². The van der Waals surface area contributed by atoms with Crippen molar-refractivity contribution in [2.75, 3.05) is 40.0 Å². The van der Waals surface area contributed by atoms with E-state index in [1.807, 2.05) is 0 Å². The number of amides is 2. The first-order valence-electron chi connectivity index (χ1n) is 17.6. The number of fused-ring (bicyclic) bond motifs is 6. The van der Waals surface area contributed by atoms with Crippen LogP contribution in [0.4, 0.5) is 17.1 Å². The Labute approximate surface area is 294 Å². The molecule has 2 amide bonds. The number of rotatable bonds is 5. The molecule has 3 heterocycles. The molecule has 1 aromatic heterocycles. The summed E-state index contributed by atoms with van der Waals surface area (Å²) in [4.78, 5) is 33.9. The van der Waals surface area contributed by atoms with Crippen LogP contribution in [0.1, 0.15) is 54.9 Å². The molecular weight excluding hydrogens is 657 g/mol. The summed E-state index contributed by atoms with van der Waals surface area (Å²) >= 11 is 15.0. The number of alkyl halides is 2. The first-order chi connectivity index (χ1) is 23.0. The highest BCUT2D eigenvalue weighted by Gasteiger charge is 3.13. The highest BCUT2D eigenvalue weighted by atomic mass is 35.5. The predicted octanol–water partition coefficient (Wildman–Crippen LogP) is 8.66. The zero-order valence-corrected chi connectivity index (χ0v) is 30.2. The van der Waals surface area contributed by atoms with Crippen molar-refractivity contribution in [1.29, 1.82) is 0 Å². The van der Waals surface area contributed by atoms with E-state index in [9.17, 15) is 9.59 Å². The van der Waals surface area contributed by atoms with Crippen molar-refractivity contribution in [3.63, 3.8) is 0 Å². The molecule has 1 N–H and O–H groups in total. The summed E-state index contributed by atoms with van der Waals surface area (Å²) in [6, 6.07) is 13.0. The van der Waals surface area contributed by atoms with Crippen molar-refractivity contribution >= 4 is 84.3 Å². The molecule has 12 rings (SSSR count). The molecule has 3 aromatic carbocycles. The van der Waals surface area contributed by atoms with E-state index in [-0.39, 0.29) is 28.2 Å². The lowest BCUT2D eigenvalue weighted by molar-refractivity contribution is -0.623. The normalized spacial score (nSPS) is 36.9. The fourth-order valence-corrected chi connectivity index (χ4v) is 14.6. The average Bonchev–Trinajstić information content (AvgIpc) is 3.76. The number of aryl methyl sites for hydroxylation is 2. The van der Waals surface area contributed by atoms with E-state index < -0.39 is 0 Å². The number of benzene rings is 3. The summed E-state index contributed by atoms with van der Waals surface area (Å²) < 4.78 is 1.32. The van der Waals surface area contributed by atoms with Gasteiger partial charge < -0.3 is 15.1 Å². The Bertz CT molecular complexity index is 2150. The lowest BCUT2D eigenvalue weighted by atomic mass is 8.92. The molecule has 8 heteroatoms. The maximum Gasteiger partial charge on any atom is 0.234 e. The lowest BCUT2D eigenvalue weighted by Gasteiger charge is -3.09. The van der Waals surface area contributed by atoms with E-state index >= 15 is 0 Å². The zero-order chi connectivity index (χ0) is 33.0. The van der Waals surface area contributed by atoms with Crippen LogP contribution in [0.25, 0.3) is 20.9 Å². The van der Waals surface area contributed by atoms with Crippen LogP contribution >= 0.6 is 34.5 Å². The molecule has 4 aromatic rings. The number of nitrogens with one attached hydrogen (secondary N) is 1. The van der Waals surface area contributed by atoms with Gasteiger partial charge in [0.15, 0.2) is 0 Å². The molecule has 2 aliphatic heterocycles. The van der Waals surface area contributed by atoms with Crippen LogP contribution < -0.4 is 15.1 Å². The number of anilines is 3. The van der Waals surface area contributed by atoms with Gasteiger partial charge in [-0.05, 0) is 115 Å². The number of carbonyl (C=O) groups is 2. The standard InChI is InChI=1S/C40H39Cl2N3O2S/c1-17-10-24-28(26-18(2)16-48-35(17)26)20(13-42)15-44(24)36(46)39-29-32-30(39)34-31(39)33(29)40(32,34)37(47)45-14-19(12-41)27-22-9-7-6-8-21(22)23(11-25(27)45)43-38(3,4)5/h6-11,16,19-20,29-34,43H,12-15H2,1-5H3/t19-,20-,29?,30?,31?,32?,33?,34?,39?,40?/m1/s1. The number of carbonyl (C=O) groups excluding carboxylic acids is 2. The van der Waals surface area contributed by atoms with Crippen molar-refractivity contribution < 1.29 is 9.59 Å². The molecule has 48 heavy (non-hydrogen) atoms.